The molecule has 102 valence electrons. The van der Waals surface area contributed by atoms with Crippen LogP contribution in [0, 0.1) is 0 Å². The highest BCUT2D eigenvalue weighted by molar-refractivity contribution is 5.90. The van der Waals surface area contributed by atoms with E-state index in [9.17, 15) is 4.79 Å². The predicted molar refractivity (Wildman–Crippen MR) is 79.5 cm³/mol. The van der Waals surface area contributed by atoms with Gasteiger partial charge >= 0.3 is 0 Å². The first-order chi connectivity index (χ1) is 9.70. The second kappa shape index (κ2) is 4.77. The highest BCUT2D eigenvalue weighted by atomic mass is 16.5. The van der Waals surface area contributed by atoms with E-state index in [-0.39, 0.29) is 5.56 Å². The van der Waals surface area contributed by atoms with E-state index in [1.165, 1.54) is 0 Å². The number of ether oxygens (including phenoxy) is 1. The molecular weight excluding hydrogens is 254 g/mol. The molecule has 0 aliphatic rings. The van der Waals surface area contributed by atoms with Gasteiger partial charge in [-0.15, -0.1) is 0 Å². The SMILES string of the molecule is CCOc1ccc(-n2[nH]c(=O)c3c(N)cccc32)cc1. The van der Waals surface area contributed by atoms with Gasteiger partial charge in [-0.1, -0.05) is 6.07 Å². The van der Waals surface area contributed by atoms with Crippen molar-refractivity contribution in [2.45, 2.75) is 6.92 Å². The van der Waals surface area contributed by atoms with Crippen molar-refractivity contribution in [3.8, 4) is 11.4 Å². The normalized spacial score (nSPS) is 10.8. The van der Waals surface area contributed by atoms with Crippen LogP contribution in [0.4, 0.5) is 5.69 Å². The van der Waals surface area contributed by atoms with Crippen LogP contribution in [0.3, 0.4) is 0 Å². The van der Waals surface area contributed by atoms with Crippen LogP contribution in [0.2, 0.25) is 0 Å². The molecule has 0 bridgehead atoms. The van der Waals surface area contributed by atoms with Gasteiger partial charge in [-0.05, 0) is 43.3 Å². The van der Waals surface area contributed by atoms with Gasteiger partial charge in [0.2, 0.25) is 0 Å². The van der Waals surface area contributed by atoms with Gasteiger partial charge in [-0.25, -0.2) is 0 Å². The first-order valence-corrected chi connectivity index (χ1v) is 6.43. The molecule has 0 fully saturated rings. The summed E-state index contributed by atoms with van der Waals surface area (Å²) in [7, 11) is 0. The van der Waals surface area contributed by atoms with Gasteiger partial charge in [-0.2, -0.15) is 0 Å². The van der Waals surface area contributed by atoms with Crippen molar-refractivity contribution in [3.63, 3.8) is 0 Å². The van der Waals surface area contributed by atoms with Gasteiger partial charge in [-0.3, -0.25) is 14.6 Å². The number of nitrogens with zero attached hydrogens (tertiary/aromatic N) is 1. The van der Waals surface area contributed by atoms with E-state index in [1.807, 2.05) is 43.3 Å². The minimum atomic E-state index is -0.188. The number of H-pyrrole nitrogens is 1. The molecule has 3 aromatic rings. The van der Waals surface area contributed by atoms with E-state index < -0.39 is 0 Å². The van der Waals surface area contributed by atoms with Crippen LogP contribution in [-0.2, 0) is 0 Å². The number of nitrogen functional groups attached to an aromatic ring is 1. The molecule has 0 aliphatic carbocycles. The lowest BCUT2D eigenvalue weighted by atomic mass is 10.2. The molecule has 2 aromatic carbocycles. The van der Waals surface area contributed by atoms with Crippen LogP contribution in [0.25, 0.3) is 16.6 Å². The average Bonchev–Trinajstić information content (AvgIpc) is 2.79. The maximum Gasteiger partial charge on any atom is 0.274 e. The highest BCUT2D eigenvalue weighted by Crippen LogP contribution is 2.21. The first kappa shape index (κ1) is 12.3. The molecule has 20 heavy (non-hydrogen) atoms. The number of hydrogen-bond donors (Lipinski definition) is 2. The molecule has 3 rings (SSSR count). The topological polar surface area (TPSA) is 73.0 Å². The maximum atomic E-state index is 12.0. The number of aromatic nitrogens is 2. The molecular formula is C15H15N3O2. The van der Waals surface area contributed by atoms with Crippen molar-refractivity contribution in [1.29, 1.82) is 0 Å². The van der Waals surface area contributed by atoms with Gasteiger partial charge in [0.25, 0.3) is 5.56 Å². The third-order valence-corrected chi connectivity index (χ3v) is 3.16. The summed E-state index contributed by atoms with van der Waals surface area (Å²) in [5, 5.41) is 3.32. The Bertz CT molecular complexity index is 800. The number of fused-ring (bicyclic) bond motifs is 1. The number of hydrogen-bond acceptors (Lipinski definition) is 3. The van der Waals surface area contributed by atoms with E-state index in [1.54, 1.807) is 10.7 Å². The van der Waals surface area contributed by atoms with E-state index in [4.69, 9.17) is 10.5 Å². The minimum Gasteiger partial charge on any atom is -0.494 e. The number of benzene rings is 2. The summed E-state index contributed by atoms with van der Waals surface area (Å²) in [4.78, 5) is 12.0. The average molecular weight is 269 g/mol. The highest BCUT2D eigenvalue weighted by Gasteiger charge is 2.10. The smallest absolute Gasteiger partial charge is 0.274 e. The lowest BCUT2D eigenvalue weighted by Crippen LogP contribution is -2.04. The molecule has 0 amide bonds. The van der Waals surface area contributed by atoms with Crippen LogP contribution < -0.4 is 16.0 Å². The Balaban J connectivity index is 2.15. The first-order valence-electron chi connectivity index (χ1n) is 6.43. The fourth-order valence-corrected chi connectivity index (χ4v) is 2.27. The van der Waals surface area contributed by atoms with Crippen molar-refractivity contribution in [3.05, 3.63) is 52.8 Å². The van der Waals surface area contributed by atoms with Gasteiger partial charge in [0.15, 0.2) is 0 Å². The molecule has 0 atom stereocenters. The van der Waals surface area contributed by atoms with Gasteiger partial charge in [0.1, 0.15) is 5.75 Å². The van der Waals surface area contributed by atoms with Crippen molar-refractivity contribution >= 4 is 16.6 Å². The number of rotatable bonds is 3. The molecule has 0 saturated carbocycles. The number of nitrogens with one attached hydrogen (secondary N) is 1. The zero-order valence-electron chi connectivity index (χ0n) is 11.1. The Hall–Kier alpha value is -2.69. The lowest BCUT2D eigenvalue weighted by molar-refractivity contribution is 0.340. The number of nitrogens with two attached hydrogens (primary N) is 1. The molecule has 0 saturated heterocycles. The molecule has 3 N–H and O–H groups in total. The largest absolute Gasteiger partial charge is 0.494 e. The van der Waals surface area contributed by atoms with E-state index in [2.05, 4.69) is 5.10 Å². The fourth-order valence-electron chi connectivity index (χ4n) is 2.27. The Morgan fingerprint density at radius 2 is 1.95 bits per heavy atom. The molecule has 1 aromatic heterocycles. The van der Waals surface area contributed by atoms with Crippen LogP contribution in [0.15, 0.2) is 47.3 Å². The molecule has 5 heteroatoms. The summed E-state index contributed by atoms with van der Waals surface area (Å²) in [6, 6.07) is 12.9. The third-order valence-electron chi connectivity index (χ3n) is 3.16. The molecule has 0 unspecified atom stereocenters. The predicted octanol–water partition coefficient (Wildman–Crippen LogP) is 2.30. The van der Waals surface area contributed by atoms with Gasteiger partial charge < -0.3 is 10.5 Å². The maximum absolute atomic E-state index is 12.0. The van der Waals surface area contributed by atoms with Crippen molar-refractivity contribution < 1.29 is 4.74 Å². The molecule has 1 heterocycles. The summed E-state index contributed by atoms with van der Waals surface area (Å²) in [5.74, 6) is 0.801. The zero-order valence-corrected chi connectivity index (χ0v) is 11.1. The summed E-state index contributed by atoms with van der Waals surface area (Å²) < 4.78 is 7.13. The Morgan fingerprint density at radius 3 is 2.65 bits per heavy atom. The summed E-state index contributed by atoms with van der Waals surface area (Å²) >= 11 is 0. The van der Waals surface area contributed by atoms with Crippen LogP contribution in [-0.4, -0.2) is 16.4 Å². The lowest BCUT2D eigenvalue weighted by Gasteiger charge is -2.07. The summed E-state index contributed by atoms with van der Waals surface area (Å²) in [6.45, 7) is 2.56. The van der Waals surface area contributed by atoms with Crippen molar-refractivity contribution in [2.75, 3.05) is 12.3 Å². The van der Waals surface area contributed by atoms with E-state index in [0.29, 0.717) is 17.7 Å². The summed E-state index contributed by atoms with van der Waals surface area (Å²) in [5.41, 5.74) is 7.77. The monoisotopic (exact) mass is 269 g/mol. The number of aromatic amines is 1. The molecule has 5 nitrogen and oxygen atoms in total. The quantitative estimate of drug-likeness (QED) is 0.716. The van der Waals surface area contributed by atoms with E-state index >= 15 is 0 Å². The van der Waals surface area contributed by atoms with E-state index in [0.717, 1.165) is 17.0 Å². The van der Waals surface area contributed by atoms with Crippen molar-refractivity contribution in [1.82, 2.24) is 9.78 Å². The van der Waals surface area contributed by atoms with Gasteiger partial charge in [0, 0.05) is 5.69 Å². The second-order valence-corrected chi connectivity index (χ2v) is 4.44. The third kappa shape index (κ3) is 1.93. The van der Waals surface area contributed by atoms with Crippen LogP contribution >= 0.6 is 0 Å². The minimum absolute atomic E-state index is 0.188. The second-order valence-electron chi connectivity index (χ2n) is 4.44. The Morgan fingerprint density at radius 1 is 1.20 bits per heavy atom. The fraction of sp³-hybridized carbons (Fsp3) is 0.133. The Kier molecular flexibility index (Phi) is 2.95. The number of anilines is 1. The van der Waals surface area contributed by atoms with Crippen molar-refractivity contribution in [2.24, 2.45) is 0 Å². The van der Waals surface area contributed by atoms with Crippen LogP contribution in [0.1, 0.15) is 6.92 Å². The molecule has 0 aliphatic heterocycles. The van der Waals surface area contributed by atoms with Gasteiger partial charge in [0.05, 0.1) is 23.2 Å². The molecule has 0 spiro atoms. The summed E-state index contributed by atoms with van der Waals surface area (Å²) in [6.07, 6.45) is 0. The molecule has 0 radical (unpaired) electrons. The Labute approximate surface area is 115 Å². The zero-order chi connectivity index (χ0) is 14.1. The van der Waals surface area contributed by atoms with Crippen LogP contribution in [0.5, 0.6) is 5.75 Å². The standard InChI is InChI=1S/C15H15N3O2/c1-2-20-11-8-6-10(7-9-11)18-13-5-3-4-12(16)14(13)15(19)17-18/h3-9H,2,16H2,1H3,(H,17,19).